The van der Waals surface area contributed by atoms with E-state index in [-0.39, 0.29) is 17.9 Å². The average Bonchev–Trinajstić information content (AvgIpc) is 2.75. The standard InChI is InChI=1S/C18H24F3N3O2.C4H4O4/c1-2-6-22-7-9-23(10-8-22)17(25)24-12-16(13-24)26-15-5-3-4-14(11-15)18(19,20)21;5-3(6)1-2-4(7)8/h3-5,11,16H,2,6-10,12-13H2,1H3;1-2H,(H,5,6)(H,7,8). The van der Waals surface area contributed by atoms with Crippen molar-refractivity contribution in [2.24, 2.45) is 0 Å². The molecule has 0 radical (unpaired) electrons. The number of halogens is 3. The Morgan fingerprint density at radius 3 is 2.12 bits per heavy atom. The maximum absolute atomic E-state index is 12.7. The van der Waals surface area contributed by atoms with Gasteiger partial charge in [-0.2, -0.15) is 13.2 Å². The van der Waals surface area contributed by atoms with Crippen LogP contribution >= 0.6 is 0 Å². The van der Waals surface area contributed by atoms with Gasteiger partial charge in [-0.15, -0.1) is 0 Å². The van der Waals surface area contributed by atoms with E-state index in [0.29, 0.717) is 38.3 Å². The Bertz CT molecular complexity index is 863. The van der Waals surface area contributed by atoms with Crippen molar-refractivity contribution >= 4 is 18.0 Å². The van der Waals surface area contributed by atoms with E-state index in [4.69, 9.17) is 14.9 Å². The first-order valence-corrected chi connectivity index (χ1v) is 10.7. The molecular formula is C22H28F3N3O6. The lowest BCUT2D eigenvalue weighted by Crippen LogP contribution is -2.61. The molecule has 0 aliphatic carbocycles. The van der Waals surface area contributed by atoms with Gasteiger partial charge >= 0.3 is 24.1 Å². The van der Waals surface area contributed by atoms with Crippen molar-refractivity contribution in [2.75, 3.05) is 45.8 Å². The van der Waals surface area contributed by atoms with Crippen molar-refractivity contribution in [1.82, 2.24) is 14.7 Å². The Morgan fingerprint density at radius 1 is 1.03 bits per heavy atom. The number of piperazine rings is 1. The van der Waals surface area contributed by atoms with Gasteiger partial charge in [0.15, 0.2) is 0 Å². The van der Waals surface area contributed by atoms with Crippen LogP contribution in [0.25, 0.3) is 0 Å². The van der Waals surface area contributed by atoms with Crippen molar-refractivity contribution in [1.29, 1.82) is 0 Å². The Labute approximate surface area is 195 Å². The highest BCUT2D eigenvalue weighted by Gasteiger charge is 2.36. The SMILES string of the molecule is CCCN1CCN(C(=O)N2CC(Oc3cccc(C(F)(F)F)c3)C2)CC1.O=C(O)C=CC(=O)O. The first-order valence-electron chi connectivity index (χ1n) is 10.7. The number of hydrogen-bond donors (Lipinski definition) is 2. The zero-order chi connectivity index (χ0) is 25.3. The molecule has 2 aliphatic rings. The summed E-state index contributed by atoms with van der Waals surface area (Å²) in [4.78, 5) is 37.4. The van der Waals surface area contributed by atoms with E-state index < -0.39 is 23.7 Å². The van der Waals surface area contributed by atoms with E-state index in [1.807, 2.05) is 4.90 Å². The molecule has 2 saturated heterocycles. The van der Waals surface area contributed by atoms with E-state index in [9.17, 15) is 27.6 Å². The number of ether oxygens (including phenoxy) is 1. The number of carboxylic acid groups (broad SMARTS) is 2. The lowest BCUT2D eigenvalue weighted by molar-refractivity contribution is -0.137. The number of nitrogens with zero attached hydrogens (tertiary/aromatic N) is 3. The zero-order valence-electron chi connectivity index (χ0n) is 18.7. The number of amides is 2. The van der Waals surface area contributed by atoms with Gasteiger partial charge in [-0.3, -0.25) is 4.90 Å². The molecule has 0 unspecified atom stereocenters. The van der Waals surface area contributed by atoms with Crippen LogP contribution in [0.15, 0.2) is 36.4 Å². The first-order chi connectivity index (χ1) is 16.0. The molecule has 0 spiro atoms. The molecule has 1 aromatic rings. The first kappa shape index (κ1) is 27.0. The van der Waals surface area contributed by atoms with Gasteiger partial charge in [0, 0.05) is 38.3 Å². The Kier molecular flexibility index (Phi) is 9.72. The number of urea groups is 1. The van der Waals surface area contributed by atoms with Gasteiger partial charge in [0.25, 0.3) is 0 Å². The fourth-order valence-corrected chi connectivity index (χ4v) is 3.43. The summed E-state index contributed by atoms with van der Waals surface area (Å²) in [5.74, 6) is -2.33. The monoisotopic (exact) mass is 487 g/mol. The van der Waals surface area contributed by atoms with Crippen LogP contribution in [0.4, 0.5) is 18.0 Å². The lowest BCUT2D eigenvalue weighted by atomic mass is 10.1. The molecular weight excluding hydrogens is 459 g/mol. The highest BCUT2D eigenvalue weighted by molar-refractivity contribution is 5.89. The number of aliphatic carboxylic acids is 2. The van der Waals surface area contributed by atoms with Gasteiger partial charge in [0.2, 0.25) is 0 Å². The minimum Gasteiger partial charge on any atom is -0.487 e. The average molecular weight is 487 g/mol. The number of likely N-dealkylation sites (tertiary alicyclic amines) is 1. The highest BCUT2D eigenvalue weighted by Crippen LogP contribution is 2.32. The van der Waals surface area contributed by atoms with E-state index in [2.05, 4.69) is 11.8 Å². The van der Waals surface area contributed by atoms with E-state index in [1.54, 1.807) is 4.90 Å². The normalized spacial score (nSPS) is 17.1. The zero-order valence-corrected chi connectivity index (χ0v) is 18.7. The molecule has 0 atom stereocenters. The Balaban J connectivity index is 0.000000440. The van der Waals surface area contributed by atoms with Crippen LogP contribution < -0.4 is 4.74 Å². The summed E-state index contributed by atoms with van der Waals surface area (Å²) in [5.41, 5.74) is -0.729. The maximum atomic E-state index is 12.7. The molecule has 188 valence electrons. The lowest BCUT2D eigenvalue weighted by Gasteiger charge is -2.43. The largest absolute Gasteiger partial charge is 0.487 e. The van der Waals surface area contributed by atoms with Crippen molar-refractivity contribution in [2.45, 2.75) is 25.6 Å². The molecule has 2 N–H and O–H groups in total. The molecule has 2 amide bonds. The Morgan fingerprint density at radius 2 is 1.62 bits per heavy atom. The number of carbonyl (C=O) groups is 3. The van der Waals surface area contributed by atoms with Gasteiger partial charge < -0.3 is 24.7 Å². The summed E-state index contributed by atoms with van der Waals surface area (Å²) in [6.45, 7) is 7.22. The maximum Gasteiger partial charge on any atom is 0.416 e. The predicted octanol–water partition coefficient (Wildman–Crippen LogP) is 2.63. The molecule has 2 aliphatic heterocycles. The second-order valence-corrected chi connectivity index (χ2v) is 7.79. The summed E-state index contributed by atoms with van der Waals surface area (Å²) in [6, 6.07) is 4.84. The number of carboxylic acids is 2. The summed E-state index contributed by atoms with van der Waals surface area (Å²) in [6.07, 6.45) is -2.43. The van der Waals surface area contributed by atoms with E-state index in [1.165, 1.54) is 12.1 Å². The minimum absolute atomic E-state index is 0.00922. The number of hydrogen-bond acceptors (Lipinski definition) is 5. The predicted molar refractivity (Wildman–Crippen MR) is 116 cm³/mol. The van der Waals surface area contributed by atoms with E-state index >= 15 is 0 Å². The minimum atomic E-state index is -4.39. The third-order valence-electron chi connectivity index (χ3n) is 5.13. The molecule has 9 nitrogen and oxygen atoms in total. The fourth-order valence-electron chi connectivity index (χ4n) is 3.43. The molecule has 0 bridgehead atoms. The second-order valence-electron chi connectivity index (χ2n) is 7.79. The van der Waals surface area contributed by atoms with Gasteiger partial charge in [0.05, 0.1) is 18.7 Å². The molecule has 34 heavy (non-hydrogen) atoms. The molecule has 3 rings (SSSR count). The topological polar surface area (TPSA) is 111 Å². The Hall–Kier alpha value is -3.28. The van der Waals surface area contributed by atoms with Crippen LogP contribution in [0.3, 0.4) is 0 Å². The summed E-state index contributed by atoms with van der Waals surface area (Å²) >= 11 is 0. The van der Waals surface area contributed by atoms with Crippen LogP contribution in [-0.2, 0) is 15.8 Å². The summed E-state index contributed by atoms with van der Waals surface area (Å²) in [5, 5.41) is 15.6. The fraction of sp³-hybridized carbons (Fsp3) is 0.500. The van der Waals surface area contributed by atoms with Crippen LogP contribution in [0.5, 0.6) is 5.75 Å². The third kappa shape index (κ3) is 8.58. The molecule has 12 heteroatoms. The third-order valence-corrected chi connectivity index (χ3v) is 5.13. The van der Waals surface area contributed by atoms with Crippen molar-refractivity contribution in [3.05, 3.63) is 42.0 Å². The molecule has 2 fully saturated rings. The van der Waals surface area contributed by atoms with E-state index in [0.717, 1.165) is 38.2 Å². The number of alkyl halides is 3. The second kappa shape index (κ2) is 12.3. The summed E-state index contributed by atoms with van der Waals surface area (Å²) < 4.78 is 43.8. The number of carbonyl (C=O) groups excluding carboxylic acids is 1. The molecule has 0 aromatic heterocycles. The smallest absolute Gasteiger partial charge is 0.416 e. The van der Waals surface area contributed by atoms with Gasteiger partial charge in [-0.25, -0.2) is 14.4 Å². The number of rotatable bonds is 6. The quantitative estimate of drug-likeness (QED) is 0.594. The number of benzene rings is 1. The van der Waals surface area contributed by atoms with Gasteiger partial charge in [-0.05, 0) is 31.2 Å². The van der Waals surface area contributed by atoms with Crippen molar-refractivity contribution in [3.8, 4) is 5.75 Å². The highest BCUT2D eigenvalue weighted by atomic mass is 19.4. The van der Waals surface area contributed by atoms with Crippen LogP contribution in [0.2, 0.25) is 0 Å². The molecule has 0 saturated carbocycles. The van der Waals surface area contributed by atoms with Crippen LogP contribution in [0, 0.1) is 0 Å². The van der Waals surface area contributed by atoms with Gasteiger partial charge in [-0.1, -0.05) is 13.0 Å². The van der Waals surface area contributed by atoms with Crippen LogP contribution in [0.1, 0.15) is 18.9 Å². The van der Waals surface area contributed by atoms with Crippen LogP contribution in [-0.4, -0.2) is 94.8 Å². The van der Waals surface area contributed by atoms with Crippen molar-refractivity contribution < 1.29 is 42.5 Å². The molecule has 2 heterocycles. The van der Waals surface area contributed by atoms with Crippen molar-refractivity contribution in [3.63, 3.8) is 0 Å². The van der Waals surface area contributed by atoms with Gasteiger partial charge in [0.1, 0.15) is 11.9 Å². The molecule has 1 aromatic carbocycles. The summed E-state index contributed by atoms with van der Waals surface area (Å²) in [7, 11) is 0.